The highest BCUT2D eigenvalue weighted by Gasteiger charge is 2.42. The topological polar surface area (TPSA) is 44.8 Å². The van der Waals surface area contributed by atoms with Gasteiger partial charge in [0.2, 0.25) is 0 Å². The first-order chi connectivity index (χ1) is 8.82. The molecule has 0 bridgehead atoms. The van der Waals surface area contributed by atoms with Gasteiger partial charge in [-0.2, -0.15) is 0 Å². The summed E-state index contributed by atoms with van der Waals surface area (Å²) in [5.41, 5.74) is 0. The van der Waals surface area contributed by atoms with E-state index in [9.17, 15) is 4.57 Å². The molecule has 0 spiro atoms. The Hall–Kier alpha value is -0.0200. The van der Waals surface area contributed by atoms with E-state index in [2.05, 4.69) is 27.7 Å². The molecule has 112 valence electrons. The molecule has 0 aromatic rings. The molecule has 0 radical (unpaired) electrons. The second kappa shape index (κ2) is 7.68. The molecule has 2 unspecified atom stereocenters. The lowest BCUT2D eigenvalue weighted by molar-refractivity contribution is 0.00398. The third-order valence-corrected chi connectivity index (χ3v) is 4.51. The van der Waals surface area contributed by atoms with E-state index in [1.54, 1.807) is 0 Å². The van der Waals surface area contributed by atoms with Crippen molar-refractivity contribution in [3.63, 3.8) is 0 Å². The summed E-state index contributed by atoms with van der Waals surface area (Å²) in [6.45, 7) is 13.5. The van der Waals surface area contributed by atoms with Gasteiger partial charge >= 0.3 is 8.25 Å². The Labute approximate surface area is 118 Å². The Bertz CT molecular complexity index is 293. The smallest absolute Gasteiger partial charge is 0.372 e. The minimum absolute atomic E-state index is 0.0200. The van der Waals surface area contributed by atoms with Crippen LogP contribution in [0.1, 0.15) is 41.5 Å². The molecule has 0 amide bonds. The van der Waals surface area contributed by atoms with Crippen LogP contribution in [0.5, 0.6) is 0 Å². The Morgan fingerprint density at radius 1 is 1.16 bits per heavy atom. The third kappa shape index (κ3) is 5.11. The molecule has 1 rings (SSSR count). The SMILES string of the molecule is CC(C)CO[P+](=O)OC[C@H]1O[C@@H](C)[C@@H](C)C1C(C)C. The minimum atomic E-state index is -2.03. The fraction of sp³-hybridized carbons (Fsp3) is 1.00. The van der Waals surface area contributed by atoms with Gasteiger partial charge in [-0.1, -0.05) is 34.6 Å². The summed E-state index contributed by atoms with van der Waals surface area (Å²) < 4.78 is 28.0. The summed E-state index contributed by atoms with van der Waals surface area (Å²) in [6.07, 6.45) is 0.252. The van der Waals surface area contributed by atoms with Crippen LogP contribution in [0.2, 0.25) is 0 Å². The molecule has 0 aromatic heterocycles. The van der Waals surface area contributed by atoms with Crippen LogP contribution in [0.3, 0.4) is 0 Å². The molecule has 19 heavy (non-hydrogen) atoms. The van der Waals surface area contributed by atoms with Crippen molar-refractivity contribution in [2.24, 2.45) is 23.7 Å². The summed E-state index contributed by atoms with van der Waals surface area (Å²) in [4.78, 5) is 0. The van der Waals surface area contributed by atoms with Gasteiger partial charge in [0.05, 0.1) is 12.2 Å². The van der Waals surface area contributed by atoms with Crippen molar-refractivity contribution >= 4 is 8.25 Å². The van der Waals surface area contributed by atoms with Gasteiger partial charge in [-0.3, -0.25) is 0 Å². The van der Waals surface area contributed by atoms with Gasteiger partial charge in [-0.05, 0) is 30.6 Å². The highest BCUT2D eigenvalue weighted by Crippen LogP contribution is 2.38. The molecule has 1 aliphatic rings. The minimum Gasteiger partial charge on any atom is -0.372 e. The van der Waals surface area contributed by atoms with Crippen LogP contribution in [0, 0.1) is 23.7 Å². The lowest BCUT2D eigenvalue weighted by atomic mass is 9.81. The summed E-state index contributed by atoms with van der Waals surface area (Å²) in [5.74, 6) is 1.84. The van der Waals surface area contributed by atoms with Crippen molar-refractivity contribution in [3.05, 3.63) is 0 Å². The summed E-state index contributed by atoms with van der Waals surface area (Å²) >= 11 is 0. The first-order valence-corrected chi connectivity index (χ1v) is 8.31. The first-order valence-electron chi connectivity index (χ1n) is 7.21. The fourth-order valence-corrected chi connectivity index (χ4v) is 3.47. The van der Waals surface area contributed by atoms with E-state index in [4.69, 9.17) is 13.8 Å². The molecule has 1 saturated heterocycles. The Balaban J connectivity index is 2.41. The predicted octanol–water partition coefficient (Wildman–Crippen LogP) is 4.03. The summed E-state index contributed by atoms with van der Waals surface area (Å²) in [6, 6.07) is 0. The quantitative estimate of drug-likeness (QED) is 0.664. The van der Waals surface area contributed by atoms with Crippen LogP contribution in [-0.2, 0) is 18.3 Å². The van der Waals surface area contributed by atoms with Crippen LogP contribution >= 0.6 is 8.25 Å². The zero-order chi connectivity index (χ0) is 14.6. The highest BCUT2D eigenvalue weighted by molar-refractivity contribution is 7.33. The van der Waals surface area contributed by atoms with E-state index in [-0.39, 0.29) is 12.2 Å². The largest absolute Gasteiger partial charge is 0.697 e. The van der Waals surface area contributed by atoms with Gasteiger partial charge in [0.1, 0.15) is 13.2 Å². The van der Waals surface area contributed by atoms with E-state index in [1.165, 1.54) is 0 Å². The van der Waals surface area contributed by atoms with Gasteiger partial charge in [-0.15, -0.1) is 9.05 Å². The number of hydrogen-bond donors (Lipinski definition) is 0. The second-order valence-corrected chi connectivity index (χ2v) is 7.23. The molecule has 1 heterocycles. The number of rotatable bonds is 7. The summed E-state index contributed by atoms with van der Waals surface area (Å²) in [7, 11) is -2.03. The van der Waals surface area contributed by atoms with Crippen LogP contribution in [-0.4, -0.2) is 25.4 Å². The van der Waals surface area contributed by atoms with Crippen LogP contribution < -0.4 is 0 Å². The van der Waals surface area contributed by atoms with Gasteiger partial charge < -0.3 is 4.74 Å². The van der Waals surface area contributed by atoms with Crippen LogP contribution in [0.4, 0.5) is 0 Å². The van der Waals surface area contributed by atoms with E-state index in [0.717, 1.165) is 0 Å². The molecular weight excluding hydrogens is 263 g/mol. The average Bonchev–Trinajstić information content (AvgIpc) is 2.60. The lowest BCUT2D eigenvalue weighted by Gasteiger charge is -2.23. The van der Waals surface area contributed by atoms with Crippen molar-refractivity contribution < 1.29 is 18.3 Å². The molecule has 5 atom stereocenters. The van der Waals surface area contributed by atoms with E-state index < -0.39 is 8.25 Å². The predicted molar refractivity (Wildman–Crippen MR) is 76.2 cm³/mol. The van der Waals surface area contributed by atoms with Crippen molar-refractivity contribution in [3.8, 4) is 0 Å². The monoisotopic (exact) mass is 291 g/mol. The molecule has 0 N–H and O–H groups in total. The number of ether oxygens (including phenoxy) is 1. The van der Waals surface area contributed by atoms with Gasteiger partial charge in [0, 0.05) is 4.57 Å². The second-order valence-electron chi connectivity index (χ2n) is 6.27. The van der Waals surface area contributed by atoms with Crippen molar-refractivity contribution in [1.29, 1.82) is 0 Å². The summed E-state index contributed by atoms with van der Waals surface area (Å²) in [5, 5.41) is 0. The standard InChI is InChI=1S/C14H28O4P/c1-9(2)7-16-19(15)17-8-13-14(10(3)4)11(5)12(6)18-13/h9-14H,7-8H2,1-6H3/q+1/t11-,12+,13-,14?/m1/s1. The maximum atomic E-state index is 11.6. The van der Waals surface area contributed by atoms with Crippen molar-refractivity contribution in [2.45, 2.75) is 53.8 Å². The molecule has 5 heteroatoms. The zero-order valence-corrected chi connectivity index (χ0v) is 13.9. The molecule has 0 aliphatic carbocycles. The van der Waals surface area contributed by atoms with Gasteiger partial charge in [-0.25, -0.2) is 0 Å². The molecule has 0 saturated carbocycles. The van der Waals surface area contributed by atoms with Crippen molar-refractivity contribution in [2.75, 3.05) is 13.2 Å². The lowest BCUT2D eigenvalue weighted by Crippen LogP contribution is -2.28. The van der Waals surface area contributed by atoms with Crippen LogP contribution in [0.25, 0.3) is 0 Å². The van der Waals surface area contributed by atoms with E-state index >= 15 is 0 Å². The number of hydrogen-bond acceptors (Lipinski definition) is 4. The van der Waals surface area contributed by atoms with E-state index in [0.29, 0.717) is 36.9 Å². The third-order valence-electron chi connectivity index (χ3n) is 3.79. The molecule has 1 fully saturated rings. The maximum absolute atomic E-state index is 11.6. The first kappa shape index (κ1) is 17.0. The maximum Gasteiger partial charge on any atom is 0.697 e. The van der Waals surface area contributed by atoms with Gasteiger partial charge in [0.25, 0.3) is 0 Å². The zero-order valence-electron chi connectivity index (χ0n) is 13.0. The highest BCUT2D eigenvalue weighted by atomic mass is 31.1. The average molecular weight is 291 g/mol. The van der Waals surface area contributed by atoms with E-state index in [1.807, 2.05) is 13.8 Å². The Morgan fingerprint density at radius 2 is 1.79 bits per heavy atom. The van der Waals surface area contributed by atoms with Gasteiger partial charge in [0.15, 0.2) is 0 Å². The molecule has 0 aromatic carbocycles. The molecule has 1 aliphatic heterocycles. The normalized spacial score (nSPS) is 32.3. The molecule has 4 nitrogen and oxygen atoms in total. The van der Waals surface area contributed by atoms with Crippen molar-refractivity contribution in [1.82, 2.24) is 0 Å². The molecular formula is C14H28O4P+. The Morgan fingerprint density at radius 3 is 2.32 bits per heavy atom. The van der Waals surface area contributed by atoms with Crippen LogP contribution in [0.15, 0.2) is 0 Å². The Kier molecular flexibility index (Phi) is 6.89. The fourth-order valence-electron chi connectivity index (χ4n) is 2.71.